The highest BCUT2D eigenvalue weighted by Crippen LogP contribution is 2.33. The number of alkyl halides is 1. The highest BCUT2D eigenvalue weighted by atomic mass is 127. The first kappa shape index (κ1) is 23.9. The number of aliphatic hydroxyl groups is 1. The lowest BCUT2D eigenvalue weighted by molar-refractivity contribution is -0.110. The van der Waals surface area contributed by atoms with E-state index in [1.54, 1.807) is 30.3 Å². The van der Waals surface area contributed by atoms with Crippen LogP contribution in [0.25, 0.3) is 10.3 Å². The molecule has 174 valence electrons. The Morgan fingerprint density at radius 3 is 2.70 bits per heavy atom. The van der Waals surface area contributed by atoms with E-state index in [0.717, 1.165) is 24.2 Å². The van der Waals surface area contributed by atoms with Gasteiger partial charge in [-0.25, -0.2) is 9.97 Å². The average Bonchev–Trinajstić information content (AvgIpc) is 3.56. The lowest BCUT2D eigenvalue weighted by Crippen LogP contribution is -2.25. The number of benzene rings is 1. The second-order valence-corrected chi connectivity index (χ2v) is 12.3. The molecule has 4 rings (SSSR count). The number of carbonyl (C=O) groups excluding carboxylic acids is 1. The quantitative estimate of drug-likeness (QED) is 0.113. The zero-order chi connectivity index (χ0) is 23.6. The lowest BCUT2D eigenvalue weighted by atomic mass is 10.1. The molecule has 0 bridgehead atoms. The van der Waals surface area contributed by atoms with Crippen LogP contribution in [0.5, 0.6) is 5.88 Å². The minimum Gasteiger partial charge on any atom is -0.493 e. The summed E-state index contributed by atoms with van der Waals surface area (Å²) >= 11 is 3.08. The summed E-state index contributed by atoms with van der Waals surface area (Å²) < 4.78 is 12.5. The third kappa shape index (κ3) is 5.62. The number of aromatic nitrogens is 2. The Morgan fingerprint density at radius 2 is 2.03 bits per heavy atom. The smallest absolute Gasteiger partial charge is 0.280 e. The predicted octanol–water partition coefficient (Wildman–Crippen LogP) is 3.14. The van der Waals surface area contributed by atoms with Crippen molar-refractivity contribution in [3.63, 3.8) is 0 Å². The first-order valence-corrected chi connectivity index (χ1v) is 13.9. The summed E-state index contributed by atoms with van der Waals surface area (Å²) in [5.74, 6) is 3.22. The number of aromatic hydroxyl groups is 1. The normalized spacial score (nSPS) is 16.8. The van der Waals surface area contributed by atoms with Gasteiger partial charge in [-0.3, -0.25) is 14.3 Å². The molecule has 2 aromatic heterocycles. The maximum Gasteiger partial charge on any atom is 0.280 e. The molecule has 2 atom stereocenters. The molecule has 1 amide bonds. The molecule has 1 unspecified atom stereocenters. The Kier molecular flexibility index (Phi) is 7.16. The van der Waals surface area contributed by atoms with E-state index < -0.39 is 19.5 Å². The van der Waals surface area contributed by atoms with Crippen molar-refractivity contribution in [3.05, 3.63) is 42.0 Å². The Hall–Kier alpha value is -2.29. The fourth-order valence-electron chi connectivity index (χ4n) is 2.99. The van der Waals surface area contributed by atoms with Crippen LogP contribution in [-0.2, 0) is 19.2 Å². The molecule has 0 saturated heterocycles. The molecule has 0 radical (unpaired) electrons. The number of oxime groups is 1. The van der Waals surface area contributed by atoms with E-state index in [9.17, 15) is 14.1 Å². The number of pyridine rings is 1. The Balaban J connectivity index is 1.60. The molecule has 12 heteroatoms. The summed E-state index contributed by atoms with van der Waals surface area (Å²) in [6.07, 6.45) is 2.16. The summed E-state index contributed by atoms with van der Waals surface area (Å²) in [5.41, 5.74) is 0.998. The molecule has 2 heterocycles. The number of hydrogen-bond donors (Lipinski definition) is 3. The summed E-state index contributed by atoms with van der Waals surface area (Å²) in [7, 11) is -2.36. The van der Waals surface area contributed by atoms with Gasteiger partial charge in [0.25, 0.3) is 5.91 Å². The van der Waals surface area contributed by atoms with Gasteiger partial charge in [0.1, 0.15) is 10.3 Å². The van der Waals surface area contributed by atoms with Crippen LogP contribution in [0.15, 0.2) is 46.4 Å². The van der Waals surface area contributed by atoms with Crippen molar-refractivity contribution in [2.24, 2.45) is 5.16 Å². The average molecular weight is 600 g/mol. The van der Waals surface area contributed by atoms with Crippen LogP contribution in [-0.4, -0.2) is 57.8 Å². The number of amides is 1. The van der Waals surface area contributed by atoms with E-state index in [-0.39, 0.29) is 28.6 Å². The standard InChI is InChI=1S/C21H21IN4O5S2/c1-33(30,14-6-7-14)13-4-2-12(3-5-13)18(26-31-16(22)10-11-27)19(29)25-21-23-15-8-9-17(28)24-20(15)32-21/h2-5,8-9,14,16,27H,1,6-7,10-11H2,(H,24,28)(H,23,25,29)/b26-18+/t16-,33?/m1/s1. The molecule has 1 aliphatic carbocycles. The SMILES string of the molecule is C=S(=O)(c1ccc(/C(=N\O[C@@H](I)CCO)C(=O)Nc2nc3ccc(O)nc3s2)cc1)C1CC1. The highest BCUT2D eigenvalue weighted by Gasteiger charge is 2.32. The number of aliphatic hydroxyl groups excluding tert-OH is 1. The Bertz CT molecular complexity index is 1300. The lowest BCUT2D eigenvalue weighted by Gasteiger charge is -2.11. The monoisotopic (exact) mass is 600 g/mol. The molecule has 3 aromatic rings. The third-order valence-electron chi connectivity index (χ3n) is 4.88. The minimum atomic E-state index is -2.36. The van der Waals surface area contributed by atoms with Crippen molar-refractivity contribution in [2.45, 2.75) is 33.5 Å². The fourth-order valence-corrected chi connectivity index (χ4v) is 6.09. The van der Waals surface area contributed by atoms with E-state index >= 15 is 0 Å². The van der Waals surface area contributed by atoms with Crippen LogP contribution >= 0.6 is 33.9 Å². The fraction of sp³-hybridized carbons (Fsp3) is 0.286. The van der Waals surface area contributed by atoms with Crippen LogP contribution in [0.2, 0.25) is 0 Å². The third-order valence-corrected chi connectivity index (χ3v) is 9.23. The number of fused-ring (bicyclic) bond motifs is 1. The van der Waals surface area contributed by atoms with Gasteiger partial charge in [-0.1, -0.05) is 28.6 Å². The van der Waals surface area contributed by atoms with E-state index in [0.29, 0.717) is 27.2 Å². The molecule has 0 spiro atoms. The predicted molar refractivity (Wildman–Crippen MR) is 138 cm³/mol. The summed E-state index contributed by atoms with van der Waals surface area (Å²) in [5, 5.41) is 25.8. The summed E-state index contributed by atoms with van der Waals surface area (Å²) in [4.78, 5) is 27.9. The van der Waals surface area contributed by atoms with E-state index in [2.05, 4.69) is 26.3 Å². The number of rotatable bonds is 9. The van der Waals surface area contributed by atoms with E-state index in [4.69, 9.17) is 9.94 Å². The van der Waals surface area contributed by atoms with Crippen LogP contribution in [0.3, 0.4) is 0 Å². The molecule has 0 aliphatic heterocycles. The maximum absolute atomic E-state index is 13.1. The number of nitrogens with one attached hydrogen (secondary N) is 1. The summed E-state index contributed by atoms with van der Waals surface area (Å²) in [6.45, 7) is -0.0794. The van der Waals surface area contributed by atoms with Gasteiger partial charge < -0.3 is 15.1 Å². The number of thiazole rings is 1. The minimum absolute atomic E-state index is 0.00167. The largest absolute Gasteiger partial charge is 0.493 e. The Labute approximate surface area is 208 Å². The van der Waals surface area contributed by atoms with Crippen molar-refractivity contribution < 1.29 is 24.1 Å². The molecule has 9 nitrogen and oxygen atoms in total. The first-order valence-electron chi connectivity index (χ1n) is 10.0. The van der Waals surface area contributed by atoms with E-state index in [1.165, 1.54) is 6.07 Å². The number of hydrogen-bond acceptors (Lipinski definition) is 9. The molecular weight excluding hydrogens is 579 g/mol. The van der Waals surface area contributed by atoms with Crippen LogP contribution < -0.4 is 5.32 Å². The van der Waals surface area contributed by atoms with E-state index in [1.807, 2.05) is 22.6 Å². The first-order chi connectivity index (χ1) is 15.8. The molecule has 1 saturated carbocycles. The topological polar surface area (TPSA) is 134 Å². The van der Waals surface area contributed by atoms with Gasteiger partial charge in [0.05, 0.1) is 0 Å². The van der Waals surface area contributed by atoms with Gasteiger partial charge in [-0.2, -0.15) is 0 Å². The maximum atomic E-state index is 13.1. The van der Waals surface area contributed by atoms with Crippen LogP contribution in [0.1, 0.15) is 24.8 Å². The highest BCUT2D eigenvalue weighted by molar-refractivity contribution is 14.1. The zero-order valence-corrected chi connectivity index (χ0v) is 21.1. The molecule has 1 fully saturated rings. The van der Waals surface area contributed by atoms with Gasteiger partial charge in [0, 0.05) is 34.8 Å². The van der Waals surface area contributed by atoms with Gasteiger partial charge in [-0.05, 0) is 69.0 Å². The van der Waals surface area contributed by atoms with Crippen molar-refractivity contribution in [1.29, 1.82) is 0 Å². The molecule has 33 heavy (non-hydrogen) atoms. The van der Waals surface area contributed by atoms with Crippen molar-refractivity contribution in [1.82, 2.24) is 9.97 Å². The number of carbonyl (C=O) groups is 1. The number of nitrogens with zero attached hydrogens (tertiary/aromatic N) is 3. The van der Waals surface area contributed by atoms with Gasteiger partial charge >= 0.3 is 0 Å². The second-order valence-electron chi connectivity index (χ2n) is 7.38. The molecular formula is C21H21IN4O5S2. The van der Waals surface area contributed by atoms with Crippen molar-refractivity contribution in [3.8, 4) is 5.88 Å². The zero-order valence-electron chi connectivity index (χ0n) is 17.3. The van der Waals surface area contributed by atoms with Crippen LogP contribution in [0, 0.1) is 0 Å². The van der Waals surface area contributed by atoms with Crippen molar-refractivity contribution in [2.75, 3.05) is 11.9 Å². The van der Waals surface area contributed by atoms with Gasteiger partial charge in [0.2, 0.25) is 5.88 Å². The van der Waals surface area contributed by atoms with Crippen LogP contribution in [0.4, 0.5) is 5.13 Å². The number of anilines is 1. The number of halogens is 1. The molecule has 1 aliphatic rings. The van der Waals surface area contributed by atoms with Gasteiger partial charge in [-0.15, -0.1) is 0 Å². The molecule has 3 N–H and O–H groups in total. The van der Waals surface area contributed by atoms with Gasteiger partial charge in [0.15, 0.2) is 15.0 Å². The summed E-state index contributed by atoms with van der Waals surface area (Å²) in [6, 6.07) is 9.75. The molecule has 1 aromatic carbocycles. The van der Waals surface area contributed by atoms with Crippen molar-refractivity contribution >= 4 is 76.4 Å². The second kappa shape index (κ2) is 9.91. The Morgan fingerprint density at radius 1 is 1.30 bits per heavy atom.